The van der Waals surface area contributed by atoms with E-state index in [9.17, 15) is 14.4 Å². The fourth-order valence-electron chi connectivity index (χ4n) is 3.85. The molecule has 5 heterocycles. The monoisotopic (exact) mass is 656 g/mol. The number of aliphatic hydroxyl groups excluding tert-OH is 1. The molecule has 3 aromatic heterocycles. The normalized spacial score (nSPS) is 17.7. The zero-order valence-corrected chi connectivity index (χ0v) is 25.3. The van der Waals surface area contributed by atoms with Crippen molar-refractivity contribution >= 4 is 11.6 Å². The highest BCUT2D eigenvalue weighted by atomic mass is 35.5. The van der Waals surface area contributed by atoms with Gasteiger partial charge in [0.2, 0.25) is 22.0 Å². The minimum absolute atomic E-state index is 0.141. The lowest BCUT2D eigenvalue weighted by Crippen LogP contribution is -2.22. The lowest BCUT2D eigenvalue weighted by Gasteiger charge is -2.22. The summed E-state index contributed by atoms with van der Waals surface area (Å²) < 4.78 is 41.7. The molecule has 3 N–H and O–H groups in total. The Morgan fingerprint density at radius 3 is 1.64 bits per heavy atom. The summed E-state index contributed by atoms with van der Waals surface area (Å²) >= 11 is 5.48. The molecule has 2 saturated heterocycles. The highest BCUT2D eigenvalue weighted by molar-refractivity contribution is 6.18. The van der Waals surface area contributed by atoms with Gasteiger partial charge in [-0.1, -0.05) is 0 Å². The Bertz CT molecular complexity index is 1450. The van der Waals surface area contributed by atoms with Gasteiger partial charge < -0.3 is 52.3 Å². The average molecular weight is 657 g/mol. The Morgan fingerprint density at radius 1 is 0.711 bits per heavy atom. The van der Waals surface area contributed by atoms with Gasteiger partial charge >= 0.3 is 0 Å². The van der Waals surface area contributed by atoms with Crippen LogP contribution >= 0.6 is 11.6 Å². The molecule has 5 rings (SSSR count). The van der Waals surface area contributed by atoms with E-state index in [-0.39, 0.29) is 55.9 Å². The Labute approximate surface area is 262 Å². The van der Waals surface area contributed by atoms with E-state index in [1.165, 1.54) is 18.4 Å². The van der Waals surface area contributed by atoms with Crippen molar-refractivity contribution in [3.05, 3.63) is 84.9 Å². The van der Waals surface area contributed by atoms with E-state index in [1.54, 1.807) is 0 Å². The molecule has 0 saturated carbocycles. The second-order valence-electron chi connectivity index (χ2n) is 9.68. The van der Waals surface area contributed by atoms with Crippen molar-refractivity contribution in [3.63, 3.8) is 0 Å². The first kappa shape index (κ1) is 35.8. The van der Waals surface area contributed by atoms with E-state index in [4.69, 9.17) is 59.4 Å². The first-order valence-corrected chi connectivity index (χ1v) is 14.8. The van der Waals surface area contributed by atoms with E-state index in [1.807, 2.05) is 0 Å². The summed E-state index contributed by atoms with van der Waals surface area (Å²) in [6, 6.07) is 3.62. The van der Waals surface area contributed by atoms with Gasteiger partial charge in [-0.3, -0.25) is 14.4 Å². The molecular formula is C30H37ClO14. The SMILES string of the molecule is O=c1cc(CO)occ1O.O=c1cc(COC2CCCCO2)occ1O.O=c1cc(COC2CCCCO2)occ1OCCCl. The van der Waals surface area contributed by atoms with Crippen LogP contribution in [-0.4, -0.2) is 53.6 Å². The van der Waals surface area contributed by atoms with Crippen LogP contribution in [0.15, 0.2) is 64.6 Å². The molecule has 0 bridgehead atoms. The highest BCUT2D eigenvalue weighted by Crippen LogP contribution is 2.17. The van der Waals surface area contributed by atoms with Crippen LogP contribution in [0.4, 0.5) is 0 Å². The summed E-state index contributed by atoms with van der Waals surface area (Å²) in [5.74, 6) is 0.633. The first-order valence-electron chi connectivity index (χ1n) is 14.3. The maximum atomic E-state index is 11.7. The summed E-state index contributed by atoms with van der Waals surface area (Å²) in [7, 11) is 0. The molecule has 2 fully saturated rings. The van der Waals surface area contributed by atoms with Gasteiger partial charge in [-0.05, 0) is 38.5 Å². The molecule has 2 aliphatic rings. The molecule has 0 amide bonds. The molecule has 14 nitrogen and oxygen atoms in total. The van der Waals surface area contributed by atoms with Crippen LogP contribution in [0.5, 0.6) is 17.2 Å². The lowest BCUT2D eigenvalue weighted by molar-refractivity contribution is -0.171. The number of rotatable bonds is 10. The summed E-state index contributed by atoms with van der Waals surface area (Å²) in [5.41, 5.74) is -1.25. The van der Waals surface area contributed by atoms with E-state index < -0.39 is 22.4 Å². The minimum Gasteiger partial charge on any atom is -0.502 e. The maximum Gasteiger partial charge on any atom is 0.227 e. The Hall–Kier alpha value is -3.66. The Balaban J connectivity index is 0.000000193. The van der Waals surface area contributed by atoms with E-state index in [0.717, 1.165) is 63.7 Å². The smallest absolute Gasteiger partial charge is 0.227 e. The summed E-state index contributed by atoms with van der Waals surface area (Å²) in [6.45, 7) is 1.77. The number of alkyl halides is 1. The summed E-state index contributed by atoms with van der Waals surface area (Å²) in [5, 5.41) is 26.1. The number of aromatic hydroxyl groups is 2. The number of aliphatic hydroxyl groups is 1. The van der Waals surface area contributed by atoms with Crippen molar-refractivity contribution in [2.75, 3.05) is 25.7 Å². The zero-order valence-electron chi connectivity index (χ0n) is 24.5. The van der Waals surface area contributed by atoms with Crippen molar-refractivity contribution in [2.45, 2.75) is 70.9 Å². The molecule has 2 atom stereocenters. The van der Waals surface area contributed by atoms with Gasteiger partial charge in [0.1, 0.15) is 62.5 Å². The van der Waals surface area contributed by atoms with Gasteiger partial charge in [-0.2, -0.15) is 0 Å². The summed E-state index contributed by atoms with van der Waals surface area (Å²) in [4.78, 5) is 33.4. The fraction of sp³-hybridized carbons (Fsp3) is 0.500. The van der Waals surface area contributed by atoms with Crippen LogP contribution in [0, 0.1) is 0 Å². The van der Waals surface area contributed by atoms with Crippen LogP contribution in [0.3, 0.4) is 0 Å². The van der Waals surface area contributed by atoms with Crippen LogP contribution in [0.25, 0.3) is 0 Å². The Kier molecular flexibility index (Phi) is 15.7. The molecule has 0 aromatic carbocycles. The third-order valence-corrected chi connectivity index (χ3v) is 6.33. The minimum atomic E-state index is -0.546. The van der Waals surface area contributed by atoms with Crippen molar-refractivity contribution in [1.82, 2.24) is 0 Å². The molecule has 0 radical (unpaired) electrons. The number of hydrogen-bond acceptors (Lipinski definition) is 14. The first-order chi connectivity index (χ1) is 21.8. The van der Waals surface area contributed by atoms with Gasteiger partial charge in [0.25, 0.3) is 0 Å². The second kappa shape index (κ2) is 19.7. The van der Waals surface area contributed by atoms with Crippen molar-refractivity contribution in [2.24, 2.45) is 0 Å². The molecule has 248 valence electrons. The van der Waals surface area contributed by atoms with Crippen LogP contribution in [-0.2, 0) is 38.8 Å². The van der Waals surface area contributed by atoms with E-state index >= 15 is 0 Å². The summed E-state index contributed by atoms with van der Waals surface area (Å²) in [6.07, 6.45) is 8.84. The second-order valence-corrected chi connectivity index (χ2v) is 10.1. The largest absolute Gasteiger partial charge is 0.502 e. The van der Waals surface area contributed by atoms with Crippen molar-refractivity contribution in [1.29, 1.82) is 0 Å². The van der Waals surface area contributed by atoms with Gasteiger partial charge in [0.05, 0.1) is 5.88 Å². The van der Waals surface area contributed by atoms with E-state index in [0.29, 0.717) is 24.0 Å². The number of ether oxygens (including phenoxy) is 5. The van der Waals surface area contributed by atoms with Gasteiger partial charge in [-0.15, -0.1) is 11.6 Å². The van der Waals surface area contributed by atoms with Gasteiger partial charge in [0.15, 0.2) is 24.1 Å². The van der Waals surface area contributed by atoms with Gasteiger partial charge in [0, 0.05) is 31.4 Å². The third-order valence-electron chi connectivity index (χ3n) is 6.17. The molecule has 2 unspecified atom stereocenters. The van der Waals surface area contributed by atoms with E-state index in [2.05, 4.69) is 4.42 Å². The number of halogens is 1. The zero-order chi connectivity index (χ0) is 32.4. The molecule has 0 spiro atoms. The van der Waals surface area contributed by atoms with Crippen molar-refractivity contribution < 1.29 is 52.3 Å². The van der Waals surface area contributed by atoms with Crippen molar-refractivity contribution in [3.8, 4) is 17.2 Å². The van der Waals surface area contributed by atoms with Crippen LogP contribution < -0.4 is 21.0 Å². The molecule has 2 aliphatic heterocycles. The predicted octanol–water partition coefficient (Wildman–Crippen LogP) is 3.53. The quantitative estimate of drug-likeness (QED) is 0.268. The lowest BCUT2D eigenvalue weighted by atomic mass is 10.2. The number of hydrogen-bond donors (Lipinski definition) is 3. The maximum absolute atomic E-state index is 11.7. The Morgan fingerprint density at radius 2 is 1.20 bits per heavy atom. The molecule has 45 heavy (non-hydrogen) atoms. The van der Waals surface area contributed by atoms with Crippen LogP contribution in [0.2, 0.25) is 0 Å². The topological polar surface area (TPSA) is 197 Å². The third kappa shape index (κ3) is 13.1. The van der Waals surface area contributed by atoms with Gasteiger partial charge in [-0.25, -0.2) is 0 Å². The van der Waals surface area contributed by atoms with Crippen LogP contribution in [0.1, 0.15) is 55.8 Å². The fourth-order valence-corrected chi connectivity index (χ4v) is 3.93. The molecule has 15 heteroatoms. The molecule has 0 aliphatic carbocycles. The molecule has 3 aromatic rings. The highest BCUT2D eigenvalue weighted by Gasteiger charge is 2.16. The average Bonchev–Trinajstić information content (AvgIpc) is 3.07. The standard InChI is InChI=1S/C13H17ClO5.C11H14O5.C6H6O4/c14-4-6-16-12-9-18-10(7-11(12)15)8-19-13-3-1-2-5-17-13;12-9-5-8(15-7-10(9)13)6-16-11-3-1-2-4-14-11;7-2-4-1-5(8)6(9)3-10-4/h7,9,13H,1-6,8H2;5,7,11,13H,1-4,6H2;1,3,7,9H,2H2. The molecular weight excluding hydrogens is 620 g/mol. The predicted molar refractivity (Wildman–Crippen MR) is 157 cm³/mol.